The Bertz CT molecular complexity index is 1230. The van der Waals surface area contributed by atoms with Gasteiger partial charge >= 0.3 is 0 Å². The summed E-state index contributed by atoms with van der Waals surface area (Å²) in [6, 6.07) is 2.75. The van der Waals surface area contributed by atoms with Crippen molar-refractivity contribution in [3.05, 3.63) is 29.5 Å². The van der Waals surface area contributed by atoms with Crippen LogP contribution in [0.3, 0.4) is 0 Å². The van der Waals surface area contributed by atoms with Gasteiger partial charge in [0, 0.05) is 34.7 Å². The van der Waals surface area contributed by atoms with Gasteiger partial charge in [-0.05, 0) is 44.2 Å². The number of ether oxygens (including phenoxy) is 2. The molecule has 2 aliphatic rings. The molecule has 1 aromatic carbocycles. The Morgan fingerprint density at radius 2 is 2.03 bits per heavy atom. The number of nitrogens with zero attached hydrogens (tertiary/aromatic N) is 1. The van der Waals surface area contributed by atoms with Crippen LogP contribution >= 0.6 is 0 Å². The lowest BCUT2D eigenvalue weighted by Gasteiger charge is -2.21. The summed E-state index contributed by atoms with van der Waals surface area (Å²) in [6.07, 6.45) is 4.87. The molecule has 2 aromatic rings. The molecular weight excluding hydrogens is 465 g/mol. The van der Waals surface area contributed by atoms with E-state index in [-0.39, 0.29) is 35.6 Å². The topological polar surface area (TPSA) is 121 Å². The van der Waals surface area contributed by atoms with Gasteiger partial charge < -0.3 is 25.3 Å². The van der Waals surface area contributed by atoms with Crippen LogP contribution in [0.25, 0.3) is 10.8 Å². The molecule has 2 amide bonds. The van der Waals surface area contributed by atoms with Crippen LogP contribution < -0.4 is 20.5 Å². The number of aldehydes is 1. The van der Waals surface area contributed by atoms with Crippen LogP contribution in [0.15, 0.2) is 18.3 Å². The van der Waals surface area contributed by atoms with E-state index in [1.807, 2.05) is 6.92 Å². The zero-order chi connectivity index (χ0) is 25.8. The van der Waals surface area contributed by atoms with Crippen molar-refractivity contribution in [2.75, 3.05) is 13.7 Å². The van der Waals surface area contributed by atoms with Gasteiger partial charge in [-0.1, -0.05) is 18.8 Å². The number of nitrogens with two attached hydrogens (primary N) is 1. The number of primary amides is 1. The van der Waals surface area contributed by atoms with Crippen molar-refractivity contribution in [3.8, 4) is 23.5 Å². The molecule has 1 saturated heterocycles. The van der Waals surface area contributed by atoms with Crippen LogP contribution in [0.1, 0.15) is 54.9 Å². The highest BCUT2D eigenvalue weighted by Crippen LogP contribution is 2.34. The van der Waals surface area contributed by atoms with E-state index in [9.17, 15) is 18.8 Å². The number of methoxy groups -OCH3 is 1. The summed E-state index contributed by atoms with van der Waals surface area (Å²) in [5.74, 6) is 5.52. The molecule has 0 spiro atoms. The first-order chi connectivity index (χ1) is 17.4. The second-order valence-corrected chi connectivity index (χ2v) is 9.36. The van der Waals surface area contributed by atoms with E-state index in [4.69, 9.17) is 15.2 Å². The summed E-state index contributed by atoms with van der Waals surface area (Å²) in [7, 11) is 1.43. The van der Waals surface area contributed by atoms with Gasteiger partial charge in [-0.25, -0.2) is 9.37 Å². The molecule has 2 fully saturated rings. The van der Waals surface area contributed by atoms with Gasteiger partial charge in [0.25, 0.3) is 11.8 Å². The SMILES string of the molecule is CC[C@@H]1[C@H](F)C(=O)N[C@@H]1COc1ncc(C#C[C@H]2CC[C@H](C=O)CC2)c2cc(C(N)=O)c(OC)cc12. The number of carbonyl (C=O) groups excluding carboxylic acids is 3. The first-order valence-electron chi connectivity index (χ1n) is 12.2. The van der Waals surface area contributed by atoms with Gasteiger partial charge in [-0.15, -0.1) is 0 Å². The fourth-order valence-corrected chi connectivity index (χ4v) is 4.99. The molecule has 0 bridgehead atoms. The highest BCUT2D eigenvalue weighted by Gasteiger charge is 2.41. The van der Waals surface area contributed by atoms with Gasteiger partial charge in [-0.2, -0.15) is 0 Å². The number of pyridine rings is 1. The molecule has 4 rings (SSSR count). The molecule has 1 saturated carbocycles. The molecule has 3 atom stereocenters. The molecule has 1 aliphatic heterocycles. The minimum Gasteiger partial charge on any atom is -0.496 e. The molecule has 2 heterocycles. The monoisotopic (exact) mass is 495 g/mol. The van der Waals surface area contributed by atoms with Crippen LogP contribution in [0.5, 0.6) is 11.6 Å². The van der Waals surface area contributed by atoms with Crippen LogP contribution in [-0.4, -0.2) is 49.0 Å². The number of alkyl halides is 1. The van der Waals surface area contributed by atoms with Crippen molar-refractivity contribution in [3.63, 3.8) is 0 Å². The number of aromatic nitrogens is 1. The molecule has 3 N–H and O–H groups in total. The third kappa shape index (κ3) is 5.13. The Kier molecular flexibility index (Phi) is 7.73. The molecule has 190 valence electrons. The van der Waals surface area contributed by atoms with Crippen molar-refractivity contribution in [1.82, 2.24) is 10.3 Å². The smallest absolute Gasteiger partial charge is 0.255 e. The zero-order valence-corrected chi connectivity index (χ0v) is 20.4. The third-order valence-electron chi connectivity index (χ3n) is 7.15. The zero-order valence-electron chi connectivity index (χ0n) is 20.4. The van der Waals surface area contributed by atoms with Crippen molar-refractivity contribution < 1.29 is 28.2 Å². The van der Waals surface area contributed by atoms with Gasteiger partial charge in [0.15, 0.2) is 6.17 Å². The number of nitrogens with one attached hydrogen (secondary N) is 1. The van der Waals surface area contributed by atoms with Crippen LogP contribution in [0.2, 0.25) is 0 Å². The average molecular weight is 496 g/mol. The molecule has 36 heavy (non-hydrogen) atoms. The van der Waals surface area contributed by atoms with Crippen molar-refractivity contribution >= 4 is 28.9 Å². The normalized spacial score (nSPS) is 25.5. The Morgan fingerprint density at radius 1 is 1.28 bits per heavy atom. The molecule has 0 radical (unpaired) electrons. The number of amides is 2. The van der Waals surface area contributed by atoms with Crippen molar-refractivity contribution in [1.29, 1.82) is 0 Å². The number of benzene rings is 1. The molecule has 1 aromatic heterocycles. The fraction of sp³-hybridized carbons (Fsp3) is 0.481. The molecule has 9 heteroatoms. The first-order valence-corrected chi connectivity index (χ1v) is 12.2. The highest BCUT2D eigenvalue weighted by atomic mass is 19.1. The van der Waals surface area contributed by atoms with E-state index in [1.165, 1.54) is 7.11 Å². The predicted molar refractivity (Wildman–Crippen MR) is 131 cm³/mol. The van der Waals surface area contributed by atoms with E-state index in [0.717, 1.165) is 32.0 Å². The standard InChI is InChI=1S/C27H30FN3O5/c1-3-18-22(31-26(34)24(18)28)14-36-27-20-11-23(35-2)21(25(29)33)10-19(20)17(12-30-27)9-8-15-4-6-16(13-32)7-5-15/h10-13,15-16,18,22,24H,3-7,14H2,1-2H3,(H2,29,33)(H,31,34)/t15-,16-,18-,22+,24-/m0/s1. The Hall–Kier alpha value is -3.67. The summed E-state index contributed by atoms with van der Waals surface area (Å²) in [4.78, 5) is 39.3. The maximum absolute atomic E-state index is 14.2. The number of hydrogen-bond donors (Lipinski definition) is 2. The maximum Gasteiger partial charge on any atom is 0.255 e. The first kappa shape index (κ1) is 25.4. The van der Waals surface area contributed by atoms with Gasteiger partial charge in [0.1, 0.15) is 18.6 Å². The van der Waals surface area contributed by atoms with Crippen LogP contribution in [0.4, 0.5) is 4.39 Å². The van der Waals surface area contributed by atoms with Gasteiger partial charge in [0.05, 0.1) is 24.3 Å². The second kappa shape index (κ2) is 10.9. The summed E-state index contributed by atoms with van der Waals surface area (Å²) in [5.41, 5.74) is 6.38. The third-order valence-corrected chi connectivity index (χ3v) is 7.15. The minimum absolute atomic E-state index is 0.0393. The Labute approximate surface area is 209 Å². The quantitative estimate of drug-likeness (QED) is 0.450. The lowest BCUT2D eigenvalue weighted by molar-refractivity contribution is -0.124. The van der Waals surface area contributed by atoms with Gasteiger partial charge in [-0.3, -0.25) is 9.59 Å². The van der Waals surface area contributed by atoms with E-state index in [0.29, 0.717) is 22.8 Å². The molecule has 8 nitrogen and oxygen atoms in total. The second-order valence-electron chi connectivity index (χ2n) is 9.36. The highest BCUT2D eigenvalue weighted by molar-refractivity contribution is 6.03. The van der Waals surface area contributed by atoms with E-state index >= 15 is 0 Å². The number of halogens is 1. The van der Waals surface area contributed by atoms with Crippen LogP contribution in [-0.2, 0) is 9.59 Å². The summed E-state index contributed by atoms with van der Waals surface area (Å²) in [6.45, 7) is 1.87. The van der Waals surface area contributed by atoms with E-state index in [1.54, 1.807) is 18.3 Å². The lowest BCUT2D eigenvalue weighted by Crippen LogP contribution is -2.34. The van der Waals surface area contributed by atoms with E-state index < -0.39 is 29.9 Å². The summed E-state index contributed by atoms with van der Waals surface area (Å²) in [5, 5.41) is 3.83. The van der Waals surface area contributed by atoms with Crippen LogP contribution in [0, 0.1) is 29.6 Å². The number of carbonyl (C=O) groups is 3. The Balaban J connectivity index is 1.67. The lowest BCUT2D eigenvalue weighted by atomic mass is 9.83. The predicted octanol–water partition coefficient (Wildman–Crippen LogP) is 2.94. The summed E-state index contributed by atoms with van der Waals surface area (Å²) < 4.78 is 25.5. The fourth-order valence-electron chi connectivity index (χ4n) is 4.99. The molecular formula is C27H30FN3O5. The molecule has 0 unspecified atom stereocenters. The number of rotatable bonds is 7. The minimum atomic E-state index is -1.56. The number of fused-ring (bicyclic) bond motifs is 1. The average Bonchev–Trinajstić information content (AvgIpc) is 3.17. The maximum atomic E-state index is 14.2. The summed E-state index contributed by atoms with van der Waals surface area (Å²) >= 11 is 0. The van der Waals surface area contributed by atoms with Gasteiger partial charge in [0.2, 0.25) is 5.88 Å². The molecule has 1 aliphatic carbocycles. The number of hydrogen-bond acceptors (Lipinski definition) is 6. The largest absolute Gasteiger partial charge is 0.496 e. The Morgan fingerprint density at radius 3 is 2.67 bits per heavy atom. The van der Waals surface area contributed by atoms with E-state index in [2.05, 4.69) is 22.1 Å². The van der Waals surface area contributed by atoms with Crippen molar-refractivity contribution in [2.45, 2.75) is 51.2 Å². The van der Waals surface area contributed by atoms with Crippen molar-refractivity contribution in [2.24, 2.45) is 23.5 Å².